The first-order chi connectivity index (χ1) is 14.4. The third kappa shape index (κ3) is 3.92. The van der Waals surface area contributed by atoms with Crippen LogP contribution in [0.25, 0.3) is 17.4 Å². The number of carboxylic acid groups (broad SMARTS) is 1. The average molecular weight is 406 g/mol. The highest BCUT2D eigenvalue weighted by atomic mass is 16.4. The van der Waals surface area contributed by atoms with Crippen molar-refractivity contribution in [3.8, 4) is 17.4 Å². The number of hydrogen-bond donors (Lipinski definition) is 2. The first-order valence-electron chi connectivity index (χ1n) is 9.11. The molecular weight excluding hydrogens is 388 g/mol. The van der Waals surface area contributed by atoms with Gasteiger partial charge in [-0.2, -0.15) is 5.26 Å². The summed E-state index contributed by atoms with van der Waals surface area (Å²) in [6.45, 7) is 1.34. The van der Waals surface area contributed by atoms with Crippen LogP contribution in [-0.2, 0) is 9.59 Å². The summed E-state index contributed by atoms with van der Waals surface area (Å²) in [7, 11) is 0. The van der Waals surface area contributed by atoms with Crippen molar-refractivity contribution < 1.29 is 29.0 Å². The number of nitrogens with zero attached hydrogens (tertiary/aromatic N) is 2. The summed E-state index contributed by atoms with van der Waals surface area (Å²) >= 11 is 0. The highest BCUT2D eigenvalue weighted by Gasteiger charge is 2.35. The highest BCUT2D eigenvalue weighted by molar-refractivity contribution is 6.19. The molecule has 1 aromatic carbocycles. The van der Waals surface area contributed by atoms with Gasteiger partial charge in [0.1, 0.15) is 23.2 Å². The Balaban J connectivity index is 1.96. The van der Waals surface area contributed by atoms with Crippen LogP contribution in [-0.4, -0.2) is 46.0 Å². The summed E-state index contributed by atoms with van der Waals surface area (Å²) in [6, 6.07) is 11.3. The van der Waals surface area contributed by atoms with E-state index in [4.69, 9.17) is 14.6 Å². The first kappa shape index (κ1) is 20.8. The van der Waals surface area contributed by atoms with Gasteiger partial charge in [0.25, 0.3) is 11.8 Å². The summed E-state index contributed by atoms with van der Waals surface area (Å²) in [5.41, 5.74) is 1.10. The van der Waals surface area contributed by atoms with Crippen molar-refractivity contribution in [2.75, 3.05) is 13.2 Å². The van der Waals surface area contributed by atoms with Gasteiger partial charge in [-0.3, -0.25) is 14.5 Å². The standard InChI is InChI=1S/C22H18N2O6/c1-13-17(20(26)24(9-2-10-25)21(27)18(13)12-23)11-16-7-8-19(30-16)14-3-5-15(6-4-14)22(28)29/h3-8,11,25H,2,9-10H2,1H3,(H,28,29)/b17-11-. The number of imide groups is 1. The Bertz CT molecular complexity index is 1120. The lowest BCUT2D eigenvalue weighted by Gasteiger charge is -2.27. The smallest absolute Gasteiger partial charge is 0.335 e. The van der Waals surface area contributed by atoms with Gasteiger partial charge in [-0.15, -0.1) is 0 Å². The summed E-state index contributed by atoms with van der Waals surface area (Å²) in [5, 5.41) is 27.4. The number of carboxylic acids is 1. The van der Waals surface area contributed by atoms with Crippen molar-refractivity contribution in [3.63, 3.8) is 0 Å². The van der Waals surface area contributed by atoms with Crippen molar-refractivity contribution in [1.82, 2.24) is 4.90 Å². The monoisotopic (exact) mass is 406 g/mol. The predicted octanol–water partition coefficient (Wildman–Crippen LogP) is 2.62. The van der Waals surface area contributed by atoms with Crippen LogP contribution in [0.1, 0.15) is 29.5 Å². The van der Waals surface area contributed by atoms with E-state index < -0.39 is 17.8 Å². The zero-order valence-electron chi connectivity index (χ0n) is 16.1. The number of nitriles is 1. The predicted molar refractivity (Wildman–Crippen MR) is 106 cm³/mol. The molecule has 0 saturated carbocycles. The number of aliphatic hydroxyl groups is 1. The quantitative estimate of drug-likeness (QED) is 0.557. The molecule has 2 aromatic rings. The van der Waals surface area contributed by atoms with Crippen LogP contribution in [0.5, 0.6) is 0 Å². The van der Waals surface area contributed by atoms with Crippen molar-refractivity contribution in [1.29, 1.82) is 5.26 Å². The molecule has 2 N–H and O–H groups in total. The second-order valence-corrected chi connectivity index (χ2v) is 6.59. The number of carbonyl (C=O) groups is 3. The van der Waals surface area contributed by atoms with Gasteiger partial charge in [0.15, 0.2) is 0 Å². The molecule has 1 aliphatic rings. The Labute approximate surface area is 172 Å². The summed E-state index contributed by atoms with van der Waals surface area (Å²) in [4.78, 5) is 37.1. The van der Waals surface area contributed by atoms with Crippen LogP contribution in [0.2, 0.25) is 0 Å². The van der Waals surface area contributed by atoms with E-state index >= 15 is 0 Å². The second-order valence-electron chi connectivity index (χ2n) is 6.59. The van der Waals surface area contributed by atoms with Gasteiger partial charge in [-0.25, -0.2) is 4.79 Å². The fourth-order valence-electron chi connectivity index (χ4n) is 3.07. The van der Waals surface area contributed by atoms with Crippen LogP contribution >= 0.6 is 0 Å². The van der Waals surface area contributed by atoms with E-state index in [-0.39, 0.29) is 41.9 Å². The van der Waals surface area contributed by atoms with E-state index in [0.717, 1.165) is 4.90 Å². The molecule has 2 heterocycles. The number of carbonyl (C=O) groups excluding carboxylic acids is 2. The lowest BCUT2D eigenvalue weighted by molar-refractivity contribution is -0.140. The number of hydrogen-bond acceptors (Lipinski definition) is 6. The maximum Gasteiger partial charge on any atom is 0.335 e. The molecule has 8 nitrogen and oxygen atoms in total. The normalized spacial score (nSPS) is 15.6. The molecule has 0 fully saturated rings. The average Bonchev–Trinajstić information content (AvgIpc) is 3.20. The molecule has 0 spiro atoms. The van der Waals surface area contributed by atoms with Gasteiger partial charge in [0.2, 0.25) is 0 Å². The van der Waals surface area contributed by atoms with E-state index in [1.54, 1.807) is 24.3 Å². The molecule has 3 rings (SSSR count). The van der Waals surface area contributed by atoms with Crippen LogP contribution in [0.15, 0.2) is 57.5 Å². The highest BCUT2D eigenvalue weighted by Crippen LogP contribution is 2.29. The first-order valence-corrected chi connectivity index (χ1v) is 9.11. The zero-order valence-corrected chi connectivity index (χ0v) is 16.1. The molecular formula is C22H18N2O6. The van der Waals surface area contributed by atoms with E-state index in [9.17, 15) is 19.6 Å². The zero-order chi connectivity index (χ0) is 21.8. The minimum absolute atomic E-state index is 0.00327. The number of benzene rings is 1. The van der Waals surface area contributed by atoms with Gasteiger partial charge in [-0.05, 0) is 49.3 Å². The molecule has 0 aliphatic carbocycles. The molecule has 0 saturated heterocycles. The summed E-state index contributed by atoms with van der Waals surface area (Å²) in [5.74, 6) is -1.46. The number of rotatable bonds is 6. The van der Waals surface area contributed by atoms with E-state index in [1.165, 1.54) is 25.1 Å². The molecule has 1 aromatic heterocycles. The van der Waals surface area contributed by atoms with E-state index in [2.05, 4.69) is 0 Å². The minimum atomic E-state index is -1.03. The lowest BCUT2D eigenvalue weighted by Crippen LogP contribution is -2.43. The molecule has 0 unspecified atom stereocenters. The van der Waals surface area contributed by atoms with Gasteiger partial charge < -0.3 is 14.6 Å². The third-order valence-corrected chi connectivity index (χ3v) is 4.69. The van der Waals surface area contributed by atoms with Crippen LogP contribution in [0.3, 0.4) is 0 Å². The van der Waals surface area contributed by atoms with Crippen molar-refractivity contribution >= 4 is 23.9 Å². The van der Waals surface area contributed by atoms with Crippen molar-refractivity contribution in [2.24, 2.45) is 0 Å². The van der Waals surface area contributed by atoms with Crippen LogP contribution < -0.4 is 0 Å². The minimum Gasteiger partial charge on any atom is -0.478 e. The molecule has 8 heteroatoms. The second kappa shape index (κ2) is 8.59. The van der Waals surface area contributed by atoms with Gasteiger partial charge in [-0.1, -0.05) is 12.1 Å². The SMILES string of the molecule is CC1=C(C#N)C(=O)N(CCCO)C(=O)/C1=C\c1ccc(-c2ccc(C(=O)O)cc2)o1. The molecule has 0 radical (unpaired) electrons. The maximum absolute atomic E-state index is 12.8. The Kier molecular flexibility index (Phi) is 5.95. The summed E-state index contributed by atoms with van der Waals surface area (Å²) < 4.78 is 5.76. The number of amides is 2. The van der Waals surface area contributed by atoms with Crippen LogP contribution in [0.4, 0.5) is 0 Å². The topological polar surface area (TPSA) is 132 Å². The van der Waals surface area contributed by atoms with Crippen molar-refractivity contribution in [3.05, 3.63) is 64.4 Å². The van der Waals surface area contributed by atoms with E-state index in [0.29, 0.717) is 17.1 Å². The molecule has 0 bridgehead atoms. The summed E-state index contributed by atoms with van der Waals surface area (Å²) in [6.07, 6.45) is 1.67. The van der Waals surface area contributed by atoms with Gasteiger partial charge >= 0.3 is 5.97 Å². The Morgan fingerprint density at radius 1 is 1.17 bits per heavy atom. The van der Waals surface area contributed by atoms with Crippen molar-refractivity contribution in [2.45, 2.75) is 13.3 Å². The lowest BCUT2D eigenvalue weighted by atomic mass is 9.94. The third-order valence-electron chi connectivity index (χ3n) is 4.69. The van der Waals surface area contributed by atoms with Gasteiger partial charge in [0.05, 0.1) is 5.56 Å². The number of aliphatic hydroxyl groups excluding tert-OH is 1. The molecule has 30 heavy (non-hydrogen) atoms. The Morgan fingerprint density at radius 2 is 1.87 bits per heavy atom. The van der Waals surface area contributed by atoms with E-state index in [1.807, 2.05) is 6.07 Å². The van der Waals surface area contributed by atoms with Gasteiger partial charge in [0, 0.05) is 24.3 Å². The Hall–Kier alpha value is -3.96. The molecule has 0 atom stereocenters. The van der Waals surface area contributed by atoms with Crippen LogP contribution in [0, 0.1) is 11.3 Å². The molecule has 2 amide bonds. The fraction of sp³-hybridized carbons (Fsp3) is 0.182. The molecule has 1 aliphatic heterocycles. The number of aromatic carboxylic acids is 1. The largest absolute Gasteiger partial charge is 0.478 e. The Morgan fingerprint density at radius 3 is 2.47 bits per heavy atom. The molecule has 152 valence electrons. The fourth-order valence-corrected chi connectivity index (χ4v) is 3.07. The maximum atomic E-state index is 12.8. The number of furan rings is 1.